The molecule has 0 amide bonds. The number of carbonyl (C=O) groups excluding carboxylic acids is 1. The number of ether oxygens (including phenoxy) is 1. The highest BCUT2D eigenvalue weighted by atomic mass is 35.5. The molecule has 0 saturated heterocycles. The van der Waals surface area contributed by atoms with Crippen LogP contribution in [0.25, 0.3) is 5.69 Å². The van der Waals surface area contributed by atoms with Gasteiger partial charge in [-0.15, -0.1) is 0 Å². The van der Waals surface area contributed by atoms with Gasteiger partial charge in [0.25, 0.3) is 0 Å². The van der Waals surface area contributed by atoms with Crippen LogP contribution in [0.2, 0.25) is 5.02 Å². The molecule has 148 valence electrons. The zero-order valence-corrected chi connectivity index (χ0v) is 16.8. The van der Waals surface area contributed by atoms with Gasteiger partial charge in [0, 0.05) is 16.8 Å². The molecule has 3 rings (SSSR count). The van der Waals surface area contributed by atoms with Crippen molar-refractivity contribution in [2.75, 3.05) is 12.8 Å². The summed E-state index contributed by atoms with van der Waals surface area (Å²) in [4.78, 5) is 12.4. The molecule has 0 saturated carbocycles. The Morgan fingerprint density at radius 3 is 2.59 bits per heavy atom. The van der Waals surface area contributed by atoms with E-state index in [1.54, 1.807) is 18.2 Å². The molecule has 1 unspecified atom stereocenters. The molecule has 6 nitrogen and oxygen atoms in total. The van der Waals surface area contributed by atoms with E-state index in [9.17, 15) is 15.2 Å². The quantitative estimate of drug-likeness (QED) is 0.620. The fourth-order valence-corrected chi connectivity index (χ4v) is 3.59. The van der Waals surface area contributed by atoms with Gasteiger partial charge in [0.1, 0.15) is 11.7 Å². The molecule has 0 aliphatic carbocycles. The number of aromatic nitrogens is 1. The van der Waals surface area contributed by atoms with Crippen molar-refractivity contribution in [2.45, 2.75) is 18.9 Å². The lowest BCUT2D eigenvalue weighted by molar-refractivity contribution is 0.0590. The van der Waals surface area contributed by atoms with Gasteiger partial charge in [0.15, 0.2) is 5.69 Å². The Balaban J connectivity index is 2.35. The van der Waals surface area contributed by atoms with Crippen molar-refractivity contribution < 1.29 is 14.6 Å². The SMILES string of the molecule is CCC(O)(c1ccccc1)c1cc(Cl)ccc1-n1cc(C#N)c(N)c1C(=O)OC. The van der Waals surface area contributed by atoms with Crippen LogP contribution in [0.5, 0.6) is 0 Å². The Labute approximate surface area is 173 Å². The maximum atomic E-state index is 12.4. The van der Waals surface area contributed by atoms with Crippen molar-refractivity contribution in [3.05, 3.63) is 82.1 Å². The average Bonchev–Trinajstić information content (AvgIpc) is 3.09. The number of anilines is 1. The number of halogens is 1. The monoisotopic (exact) mass is 409 g/mol. The molecular weight excluding hydrogens is 390 g/mol. The molecule has 0 aliphatic heterocycles. The molecule has 0 spiro atoms. The highest BCUT2D eigenvalue weighted by molar-refractivity contribution is 6.30. The van der Waals surface area contributed by atoms with Gasteiger partial charge in [-0.3, -0.25) is 0 Å². The van der Waals surface area contributed by atoms with E-state index >= 15 is 0 Å². The second-order valence-electron chi connectivity index (χ2n) is 6.52. The van der Waals surface area contributed by atoms with E-state index in [4.69, 9.17) is 22.1 Å². The van der Waals surface area contributed by atoms with Gasteiger partial charge in [-0.2, -0.15) is 5.26 Å². The molecule has 1 aromatic heterocycles. The molecule has 0 bridgehead atoms. The Bertz CT molecular complexity index is 1100. The van der Waals surface area contributed by atoms with Crippen LogP contribution in [0, 0.1) is 11.3 Å². The average molecular weight is 410 g/mol. The lowest BCUT2D eigenvalue weighted by Crippen LogP contribution is -2.28. The Morgan fingerprint density at radius 2 is 2.00 bits per heavy atom. The Hall–Kier alpha value is -3.27. The third-order valence-electron chi connectivity index (χ3n) is 4.97. The molecule has 3 N–H and O–H groups in total. The first kappa shape index (κ1) is 20.5. The van der Waals surface area contributed by atoms with E-state index in [2.05, 4.69) is 0 Å². The van der Waals surface area contributed by atoms with Gasteiger partial charge in [-0.25, -0.2) is 4.79 Å². The van der Waals surface area contributed by atoms with Crippen LogP contribution >= 0.6 is 11.6 Å². The van der Waals surface area contributed by atoms with E-state index in [1.807, 2.05) is 43.3 Å². The maximum Gasteiger partial charge on any atom is 0.357 e. The molecular formula is C22H20ClN3O3. The van der Waals surface area contributed by atoms with Gasteiger partial charge in [-0.1, -0.05) is 48.9 Å². The second kappa shape index (κ2) is 8.00. The first-order valence-corrected chi connectivity index (χ1v) is 9.32. The maximum absolute atomic E-state index is 12.4. The van der Waals surface area contributed by atoms with Crippen molar-refractivity contribution in [1.82, 2.24) is 4.57 Å². The number of nitriles is 1. The summed E-state index contributed by atoms with van der Waals surface area (Å²) in [6, 6.07) is 16.1. The minimum absolute atomic E-state index is 0.0131. The van der Waals surface area contributed by atoms with Crippen LogP contribution in [0.3, 0.4) is 0 Å². The van der Waals surface area contributed by atoms with Crippen LogP contribution in [0.15, 0.2) is 54.7 Å². The molecule has 7 heteroatoms. The number of methoxy groups -OCH3 is 1. The number of carbonyl (C=O) groups is 1. The normalized spacial score (nSPS) is 12.8. The standard InChI is InChI=1S/C22H20ClN3O3/c1-3-22(28,15-7-5-4-6-8-15)17-11-16(23)9-10-18(17)26-13-14(12-24)19(25)20(26)21(27)29-2/h4-11,13,28H,3,25H2,1-2H3. The summed E-state index contributed by atoms with van der Waals surface area (Å²) in [5, 5.41) is 21.5. The molecule has 1 atom stereocenters. The molecule has 3 aromatic rings. The lowest BCUT2D eigenvalue weighted by atomic mass is 9.83. The van der Waals surface area contributed by atoms with Crippen LogP contribution in [0.4, 0.5) is 5.69 Å². The Morgan fingerprint density at radius 1 is 1.31 bits per heavy atom. The summed E-state index contributed by atoms with van der Waals surface area (Å²) in [5.74, 6) is -0.690. The number of hydrogen-bond donors (Lipinski definition) is 2. The van der Waals surface area contributed by atoms with E-state index in [0.29, 0.717) is 28.3 Å². The number of nitrogens with zero attached hydrogens (tertiary/aromatic N) is 2. The molecule has 29 heavy (non-hydrogen) atoms. The van der Waals surface area contributed by atoms with Crippen molar-refractivity contribution in [3.8, 4) is 11.8 Å². The van der Waals surface area contributed by atoms with Crippen molar-refractivity contribution in [3.63, 3.8) is 0 Å². The van der Waals surface area contributed by atoms with Crippen molar-refractivity contribution in [1.29, 1.82) is 5.26 Å². The first-order valence-electron chi connectivity index (χ1n) is 8.94. The van der Waals surface area contributed by atoms with Crippen LogP contribution in [-0.4, -0.2) is 22.8 Å². The summed E-state index contributed by atoms with van der Waals surface area (Å²) < 4.78 is 6.33. The minimum atomic E-state index is -1.39. The predicted octanol–water partition coefficient (Wildman–Crippen LogP) is 4.02. The third kappa shape index (κ3) is 3.46. The van der Waals surface area contributed by atoms with Gasteiger partial charge < -0.3 is 20.1 Å². The number of benzene rings is 2. The second-order valence-corrected chi connectivity index (χ2v) is 6.96. The smallest absolute Gasteiger partial charge is 0.357 e. The van der Waals surface area contributed by atoms with E-state index < -0.39 is 11.6 Å². The zero-order chi connectivity index (χ0) is 21.2. The number of esters is 1. The fraction of sp³-hybridized carbons (Fsp3) is 0.182. The van der Waals surface area contributed by atoms with Gasteiger partial charge in [0.2, 0.25) is 0 Å². The first-order chi connectivity index (χ1) is 13.9. The largest absolute Gasteiger partial charge is 0.464 e. The number of nitrogens with two attached hydrogens (primary N) is 1. The van der Waals surface area contributed by atoms with E-state index in [1.165, 1.54) is 17.9 Å². The molecule has 0 aliphatic rings. The van der Waals surface area contributed by atoms with E-state index in [-0.39, 0.29) is 16.9 Å². The third-order valence-corrected chi connectivity index (χ3v) is 5.21. The highest BCUT2D eigenvalue weighted by Crippen LogP contribution is 2.39. The summed E-state index contributed by atoms with van der Waals surface area (Å²) in [6.07, 6.45) is 1.80. The number of hydrogen-bond acceptors (Lipinski definition) is 5. The van der Waals surface area contributed by atoms with Crippen molar-refractivity contribution in [2.24, 2.45) is 0 Å². The number of nitrogen functional groups attached to an aromatic ring is 1. The van der Waals surface area contributed by atoms with E-state index in [0.717, 1.165) is 0 Å². The van der Waals surface area contributed by atoms with Crippen LogP contribution in [0.1, 0.15) is 40.5 Å². The summed E-state index contributed by atoms with van der Waals surface area (Å²) >= 11 is 6.26. The van der Waals surface area contributed by atoms with Gasteiger partial charge >= 0.3 is 5.97 Å². The zero-order valence-electron chi connectivity index (χ0n) is 16.0. The summed E-state index contributed by atoms with van der Waals surface area (Å²) in [7, 11) is 1.24. The number of rotatable bonds is 5. The summed E-state index contributed by atoms with van der Waals surface area (Å²) in [6.45, 7) is 1.85. The molecule has 0 fully saturated rings. The van der Waals surface area contributed by atoms with Gasteiger partial charge in [0.05, 0.1) is 24.0 Å². The van der Waals surface area contributed by atoms with Gasteiger partial charge in [-0.05, 0) is 30.2 Å². The molecule has 2 aromatic carbocycles. The summed E-state index contributed by atoms with van der Waals surface area (Å²) in [5.41, 5.74) is 6.41. The molecule has 0 radical (unpaired) electrons. The van der Waals surface area contributed by atoms with Crippen LogP contribution < -0.4 is 5.73 Å². The lowest BCUT2D eigenvalue weighted by Gasteiger charge is -2.31. The van der Waals surface area contributed by atoms with Crippen LogP contribution in [-0.2, 0) is 10.3 Å². The minimum Gasteiger partial charge on any atom is -0.464 e. The Kier molecular flexibility index (Phi) is 5.64. The highest BCUT2D eigenvalue weighted by Gasteiger charge is 2.34. The van der Waals surface area contributed by atoms with Crippen molar-refractivity contribution >= 4 is 23.3 Å². The topological polar surface area (TPSA) is 101 Å². The fourth-order valence-electron chi connectivity index (χ4n) is 3.42. The number of aliphatic hydroxyl groups is 1. The molecule has 1 heterocycles. The predicted molar refractivity (Wildman–Crippen MR) is 111 cm³/mol.